The van der Waals surface area contributed by atoms with Crippen molar-refractivity contribution in [2.45, 2.75) is 39.2 Å². The normalized spacial score (nSPS) is 20.4. The minimum atomic E-state index is 0.385. The van der Waals surface area contributed by atoms with Crippen molar-refractivity contribution in [1.29, 1.82) is 0 Å². The zero-order chi connectivity index (χ0) is 12.4. The van der Waals surface area contributed by atoms with Crippen LogP contribution in [0, 0.1) is 13.8 Å². The van der Waals surface area contributed by atoms with Crippen molar-refractivity contribution >= 4 is 11.6 Å². The van der Waals surface area contributed by atoms with Crippen LogP contribution in [0.15, 0.2) is 6.07 Å². The molecule has 2 nitrogen and oxygen atoms in total. The summed E-state index contributed by atoms with van der Waals surface area (Å²) in [5.41, 5.74) is 3.56. The van der Waals surface area contributed by atoms with Crippen molar-refractivity contribution < 1.29 is 4.74 Å². The first-order valence-electron chi connectivity index (χ1n) is 6.22. The van der Waals surface area contributed by atoms with Crippen LogP contribution in [0.1, 0.15) is 42.0 Å². The maximum atomic E-state index is 6.37. The van der Waals surface area contributed by atoms with Gasteiger partial charge in [0.05, 0.1) is 12.1 Å². The molecule has 1 aromatic rings. The Bertz CT molecular complexity index is 411. The fourth-order valence-electron chi connectivity index (χ4n) is 2.46. The van der Waals surface area contributed by atoms with Crippen LogP contribution >= 0.6 is 11.6 Å². The molecule has 0 spiro atoms. The van der Waals surface area contributed by atoms with Crippen LogP contribution in [0.5, 0.6) is 5.75 Å². The standard InChI is InChI=1S/C14H20ClNO/c1-9-8-11(12-6-4-5-7-16-12)14(17-3)13(15)10(9)2/h8,12,16H,4-7H2,1-3H3. The molecule has 0 amide bonds. The number of methoxy groups -OCH3 is 1. The van der Waals surface area contributed by atoms with Crippen LogP contribution in [0.3, 0.4) is 0 Å². The summed E-state index contributed by atoms with van der Waals surface area (Å²) in [5.74, 6) is 0.842. The number of piperidine rings is 1. The topological polar surface area (TPSA) is 21.3 Å². The fourth-order valence-corrected chi connectivity index (χ4v) is 2.80. The van der Waals surface area contributed by atoms with Gasteiger partial charge in [0.15, 0.2) is 0 Å². The van der Waals surface area contributed by atoms with Gasteiger partial charge in [-0.2, -0.15) is 0 Å². The molecule has 0 saturated carbocycles. The second-order valence-corrected chi connectivity index (χ2v) is 5.14. The molecule has 1 fully saturated rings. The van der Waals surface area contributed by atoms with E-state index in [4.69, 9.17) is 16.3 Å². The van der Waals surface area contributed by atoms with Crippen LogP contribution in [0.4, 0.5) is 0 Å². The van der Waals surface area contributed by atoms with E-state index in [1.165, 1.54) is 24.0 Å². The molecule has 1 saturated heterocycles. The Morgan fingerprint density at radius 2 is 2.12 bits per heavy atom. The summed E-state index contributed by atoms with van der Waals surface area (Å²) >= 11 is 6.37. The predicted octanol–water partition coefficient (Wildman–Crippen LogP) is 3.78. The Labute approximate surface area is 108 Å². The lowest BCUT2D eigenvalue weighted by Crippen LogP contribution is -2.27. The number of halogens is 1. The Kier molecular flexibility index (Phi) is 3.95. The number of aryl methyl sites for hydroxylation is 1. The Morgan fingerprint density at radius 3 is 2.71 bits per heavy atom. The summed E-state index contributed by atoms with van der Waals surface area (Å²) in [5, 5.41) is 4.30. The van der Waals surface area contributed by atoms with Gasteiger partial charge < -0.3 is 10.1 Å². The Balaban J connectivity index is 2.44. The third kappa shape index (κ3) is 2.43. The number of hydrogen-bond donors (Lipinski definition) is 1. The van der Waals surface area contributed by atoms with Gasteiger partial charge in [-0.15, -0.1) is 0 Å². The molecule has 1 atom stereocenters. The first-order chi connectivity index (χ1) is 8.15. The summed E-state index contributed by atoms with van der Waals surface area (Å²) in [6, 6.07) is 2.60. The van der Waals surface area contributed by atoms with Gasteiger partial charge in [-0.05, 0) is 44.4 Å². The maximum absolute atomic E-state index is 6.37. The van der Waals surface area contributed by atoms with Crippen LogP contribution < -0.4 is 10.1 Å². The predicted molar refractivity (Wildman–Crippen MR) is 72.1 cm³/mol. The first-order valence-corrected chi connectivity index (χ1v) is 6.60. The molecule has 1 N–H and O–H groups in total. The monoisotopic (exact) mass is 253 g/mol. The quantitative estimate of drug-likeness (QED) is 0.866. The maximum Gasteiger partial charge on any atom is 0.142 e. The second-order valence-electron chi connectivity index (χ2n) is 4.76. The molecule has 0 bridgehead atoms. The third-order valence-electron chi connectivity index (χ3n) is 3.64. The van der Waals surface area contributed by atoms with E-state index in [1.54, 1.807) is 7.11 Å². The third-order valence-corrected chi connectivity index (χ3v) is 4.10. The SMILES string of the molecule is COc1c(C2CCCCN2)cc(C)c(C)c1Cl. The van der Waals surface area contributed by atoms with Crippen molar-refractivity contribution in [2.75, 3.05) is 13.7 Å². The zero-order valence-corrected chi connectivity index (χ0v) is 11.5. The Morgan fingerprint density at radius 1 is 1.35 bits per heavy atom. The van der Waals surface area contributed by atoms with Gasteiger partial charge in [0.25, 0.3) is 0 Å². The molecule has 0 radical (unpaired) electrons. The molecule has 3 heteroatoms. The Hall–Kier alpha value is -0.730. The highest BCUT2D eigenvalue weighted by molar-refractivity contribution is 6.33. The number of rotatable bonds is 2. The van der Waals surface area contributed by atoms with E-state index < -0.39 is 0 Å². The zero-order valence-electron chi connectivity index (χ0n) is 10.8. The van der Waals surface area contributed by atoms with Gasteiger partial charge in [0.1, 0.15) is 5.75 Å². The van der Waals surface area contributed by atoms with Gasteiger partial charge in [0.2, 0.25) is 0 Å². The van der Waals surface area contributed by atoms with Gasteiger partial charge >= 0.3 is 0 Å². The molecular weight excluding hydrogens is 234 g/mol. The van der Waals surface area contributed by atoms with Crippen LogP contribution in [0.2, 0.25) is 5.02 Å². The van der Waals surface area contributed by atoms with Crippen LogP contribution in [0.25, 0.3) is 0 Å². The average molecular weight is 254 g/mol. The molecule has 17 heavy (non-hydrogen) atoms. The summed E-state index contributed by atoms with van der Waals surface area (Å²) in [6.07, 6.45) is 3.69. The van der Waals surface area contributed by atoms with Crippen molar-refractivity contribution in [3.8, 4) is 5.75 Å². The fraction of sp³-hybridized carbons (Fsp3) is 0.571. The number of ether oxygens (including phenoxy) is 1. The average Bonchev–Trinajstić information content (AvgIpc) is 2.36. The molecular formula is C14H20ClNO. The highest BCUT2D eigenvalue weighted by Gasteiger charge is 2.22. The van der Waals surface area contributed by atoms with Crippen molar-refractivity contribution in [1.82, 2.24) is 5.32 Å². The summed E-state index contributed by atoms with van der Waals surface area (Å²) in [7, 11) is 1.70. The lowest BCUT2D eigenvalue weighted by atomic mass is 9.94. The van der Waals surface area contributed by atoms with E-state index in [-0.39, 0.29) is 0 Å². The molecule has 0 aromatic heterocycles. The van der Waals surface area contributed by atoms with Gasteiger partial charge in [-0.25, -0.2) is 0 Å². The minimum Gasteiger partial charge on any atom is -0.495 e. The van der Waals surface area contributed by atoms with Crippen molar-refractivity contribution in [3.05, 3.63) is 27.8 Å². The lowest BCUT2D eigenvalue weighted by Gasteiger charge is -2.26. The second kappa shape index (κ2) is 5.28. The van der Waals surface area contributed by atoms with E-state index in [1.807, 2.05) is 6.92 Å². The molecule has 2 rings (SSSR count). The van der Waals surface area contributed by atoms with E-state index in [0.29, 0.717) is 6.04 Å². The summed E-state index contributed by atoms with van der Waals surface area (Å²) < 4.78 is 5.49. The number of benzene rings is 1. The highest BCUT2D eigenvalue weighted by atomic mass is 35.5. The van der Waals surface area contributed by atoms with Crippen molar-refractivity contribution in [3.63, 3.8) is 0 Å². The van der Waals surface area contributed by atoms with E-state index in [9.17, 15) is 0 Å². The van der Waals surface area contributed by atoms with Crippen molar-refractivity contribution in [2.24, 2.45) is 0 Å². The molecule has 1 aliphatic rings. The number of hydrogen-bond acceptors (Lipinski definition) is 2. The van der Waals surface area contributed by atoms with Gasteiger partial charge in [-0.3, -0.25) is 0 Å². The summed E-state index contributed by atoms with van der Waals surface area (Å²) in [6.45, 7) is 5.23. The first kappa shape index (κ1) is 12.7. The van der Waals surface area contributed by atoms with E-state index in [0.717, 1.165) is 29.3 Å². The lowest BCUT2D eigenvalue weighted by molar-refractivity contribution is 0.373. The largest absolute Gasteiger partial charge is 0.495 e. The van der Waals surface area contributed by atoms with Gasteiger partial charge in [-0.1, -0.05) is 24.1 Å². The van der Waals surface area contributed by atoms with Crippen LogP contribution in [-0.4, -0.2) is 13.7 Å². The molecule has 1 aliphatic heterocycles. The molecule has 1 aromatic carbocycles. The molecule has 1 heterocycles. The smallest absolute Gasteiger partial charge is 0.142 e. The van der Waals surface area contributed by atoms with Gasteiger partial charge in [0, 0.05) is 11.6 Å². The molecule has 94 valence electrons. The van der Waals surface area contributed by atoms with Crippen LogP contribution in [-0.2, 0) is 0 Å². The highest BCUT2D eigenvalue weighted by Crippen LogP contribution is 2.39. The summed E-state index contributed by atoms with van der Waals surface area (Å²) in [4.78, 5) is 0. The molecule has 1 unspecified atom stereocenters. The minimum absolute atomic E-state index is 0.385. The van der Waals surface area contributed by atoms with E-state index >= 15 is 0 Å². The molecule has 0 aliphatic carbocycles. The van der Waals surface area contributed by atoms with E-state index in [2.05, 4.69) is 18.3 Å². The number of nitrogens with one attached hydrogen (secondary N) is 1.